The van der Waals surface area contributed by atoms with Crippen molar-refractivity contribution in [2.24, 2.45) is 28.6 Å². The lowest BCUT2D eigenvalue weighted by Gasteiger charge is -2.58. The van der Waals surface area contributed by atoms with Gasteiger partial charge in [0.05, 0.1) is 12.8 Å². The third kappa shape index (κ3) is 8.67. The van der Waals surface area contributed by atoms with E-state index in [1.54, 1.807) is 0 Å². The summed E-state index contributed by atoms with van der Waals surface area (Å²) in [5.74, 6) is -1.60. The quantitative estimate of drug-likeness (QED) is 0.125. The molecule has 7 atom stereocenters. The first kappa shape index (κ1) is 39.3. The SMILES string of the molecule is CC12CCC(=O)C=C1CCC1C2CCC2(C)C1CCC2(O)C(=O)COC(=O)CCC(=O)NCCCCCC(=O)NCC(CC(=O)O)c1ccccc1. The molecule has 0 spiro atoms. The highest BCUT2D eigenvalue weighted by atomic mass is 16.5. The molecule has 11 nitrogen and oxygen atoms in total. The van der Waals surface area contributed by atoms with Crippen molar-refractivity contribution >= 4 is 35.3 Å². The highest BCUT2D eigenvalue weighted by Crippen LogP contribution is 2.67. The lowest BCUT2D eigenvalue weighted by atomic mass is 9.46. The predicted molar refractivity (Wildman–Crippen MR) is 193 cm³/mol. The number of esters is 1. The number of allylic oxidation sites excluding steroid dienone is 1. The summed E-state index contributed by atoms with van der Waals surface area (Å²) >= 11 is 0. The van der Waals surface area contributed by atoms with Gasteiger partial charge in [0, 0.05) is 43.7 Å². The fourth-order valence-electron chi connectivity index (χ4n) is 10.1. The number of ether oxygens (including phenoxy) is 1. The maximum absolute atomic E-state index is 13.5. The second-order valence-electron chi connectivity index (χ2n) is 16.1. The topological polar surface area (TPSA) is 176 Å². The summed E-state index contributed by atoms with van der Waals surface area (Å²) < 4.78 is 5.28. The Morgan fingerprint density at radius 2 is 1.60 bits per heavy atom. The van der Waals surface area contributed by atoms with Gasteiger partial charge in [-0.3, -0.25) is 28.8 Å². The molecular formula is C41H56N2O9. The number of hydrogen-bond donors (Lipinski definition) is 4. The van der Waals surface area contributed by atoms with Crippen LogP contribution in [0.1, 0.15) is 122 Å². The average molecular weight is 721 g/mol. The van der Waals surface area contributed by atoms with Crippen molar-refractivity contribution in [3.05, 3.63) is 47.5 Å². The molecule has 0 aliphatic heterocycles. The van der Waals surface area contributed by atoms with Gasteiger partial charge in [-0.25, -0.2) is 0 Å². The molecule has 3 saturated carbocycles. The maximum atomic E-state index is 13.5. The summed E-state index contributed by atoms with van der Waals surface area (Å²) in [6.07, 6.45) is 9.83. The number of aliphatic carboxylic acids is 1. The van der Waals surface area contributed by atoms with E-state index >= 15 is 0 Å². The summed E-state index contributed by atoms with van der Waals surface area (Å²) in [5.41, 5.74) is -0.0198. The monoisotopic (exact) mass is 720 g/mol. The third-order valence-electron chi connectivity index (χ3n) is 13.1. The second kappa shape index (κ2) is 16.9. The molecule has 284 valence electrons. The number of carboxylic acid groups (broad SMARTS) is 1. The first-order valence-electron chi connectivity index (χ1n) is 19.2. The molecule has 52 heavy (non-hydrogen) atoms. The minimum Gasteiger partial charge on any atom is -0.481 e. The van der Waals surface area contributed by atoms with Crippen LogP contribution in [0, 0.1) is 28.6 Å². The summed E-state index contributed by atoms with van der Waals surface area (Å²) in [4.78, 5) is 74.0. The van der Waals surface area contributed by atoms with E-state index < -0.39 is 35.3 Å². The molecule has 2 amide bonds. The fraction of sp³-hybridized carbons (Fsp3) is 0.659. The van der Waals surface area contributed by atoms with E-state index in [2.05, 4.69) is 17.6 Å². The summed E-state index contributed by atoms with van der Waals surface area (Å²) in [5, 5.41) is 26.7. The molecule has 11 heteroatoms. The first-order chi connectivity index (χ1) is 24.8. The number of ketones is 2. The van der Waals surface area contributed by atoms with Crippen molar-refractivity contribution in [2.75, 3.05) is 19.7 Å². The third-order valence-corrected chi connectivity index (χ3v) is 13.1. The Morgan fingerprint density at radius 3 is 2.35 bits per heavy atom. The number of Topliss-reactive ketones (excluding diaryl/α,β-unsaturated/α-hetero) is 1. The van der Waals surface area contributed by atoms with Gasteiger partial charge in [0.25, 0.3) is 0 Å². The molecule has 4 aliphatic carbocycles. The average Bonchev–Trinajstić information content (AvgIpc) is 3.41. The normalized spacial score (nSPS) is 29.8. The van der Waals surface area contributed by atoms with E-state index in [-0.39, 0.29) is 60.7 Å². The molecule has 5 rings (SSSR count). The van der Waals surface area contributed by atoms with E-state index in [1.165, 1.54) is 5.57 Å². The highest BCUT2D eigenvalue weighted by Gasteiger charge is 2.66. The molecule has 3 fully saturated rings. The van der Waals surface area contributed by atoms with Gasteiger partial charge in [-0.1, -0.05) is 56.2 Å². The van der Waals surface area contributed by atoms with Crippen LogP contribution in [-0.2, 0) is 33.5 Å². The van der Waals surface area contributed by atoms with Gasteiger partial charge in [-0.05, 0) is 92.6 Å². The van der Waals surface area contributed by atoms with Crippen LogP contribution < -0.4 is 10.6 Å². The lowest BCUT2D eigenvalue weighted by molar-refractivity contribution is -0.170. The van der Waals surface area contributed by atoms with Gasteiger partial charge >= 0.3 is 11.9 Å². The number of aliphatic hydroxyl groups is 1. The van der Waals surface area contributed by atoms with Crippen LogP contribution in [0.15, 0.2) is 42.0 Å². The number of fused-ring (bicyclic) bond motifs is 5. The Bertz CT molecular complexity index is 1540. The second-order valence-corrected chi connectivity index (χ2v) is 16.1. The Balaban J connectivity index is 0.959. The van der Waals surface area contributed by atoms with Gasteiger partial charge in [0.15, 0.2) is 12.4 Å². The van der Waals surface area contributed by atoms with Crippen molar-refractivity contribution < 1.29 is 43.7 Å². The minimum atomic E-state index is -1.56. The molecule has 1 aromatic carbocycles. The molecule has 7 unspecified atom stereocenters. The molecular weight excluding hydrogens is 664 g/mol. The zero-order chi connectivity index (χ0) is 37.5. The van der Waals surface area contributed by atoms with Crippen LogP contribution in [0.5, 0.6) is 0 Å². The van der Waals surface area contributed by atoms with Gasteiger partial charge in [-0.15, -0.1) is 0 Å². The number of unbranched alkanes of at least 4 members (excludes halogenated alkanes) is 2. The van der Waals surface area contributed by atoms with Crippen LogP contribution in [0.25, 0.3) is 0 Å². The van der Waals surface area contributed by atoms with E-state index in [0.717, 1.165) is 37.7 Å². The molecule has 0 radical (unpaired) electrons. The molecule has 0 aromatic heterocycles. The molecule has 0 heterocycles. The maximum Gasteiger partial charge on any atom is 0.306 e. The number of amides is 2. The lowest BCUT2D eigenvalue weighted by Crippen LogP contribution is -2.58. The van der Waals surface area contributed by atoms with Gasteiger partial charge in [0.2, 0.25) is 17.6 Å². The summed E-state index contributed by atoms with van der Waals surface area (Å²) in [6, 6.07) is 9.24. The zero-order valence-electron chi connectivity index (χ0n) is 30.8. The Labute approximate surface area is 306 Å². The zero-order valence-corrected chi connectivity index (χ0v) is 30.8. The van der Waals surface area contributed by atoms with Crippen LogP contribution >= 0.6 is 0 Å². The molecule has 4 N–H and O–H groups in total. The van der Waals surface area contributed by atoms with E-state index in [1.807, 2.05) is 43.3 Å². The predicted octanol–water partition coefficient (Wildman–Crippen LogP) is 5.19. The first-order valence-corrected chi connectivity index (χ1v) is 19.2. The Kier molecular flexibility index (Phi) is 12.8. The number of carbonyl (C=O) groups is 6. The summed E-state index contributed by atoms with van der Waals surface area (Å²) in [6.45, 7) is 4.46. The molecule has 1 aromatic rings. The van der Waals surface area contributed by atoms with Crippen molar-refractivity contribution in [1.29, 1.82) is 0 Å². The molecule has 0 bridgehead atoms. The van der Waals surface area contributed by atoms with Crippen molar-refractivity contribution in [3.63, 3.8) is 0 Å². The Morgan fingerprint density at radius 1 is 0.865 bits per heavy atom. The summed E-state index contributed by atoms with van der Waals surface area (Å²) in [7, 11) is 0. The van der Waals surface area contributed by atoms with Gasteiger partial charge < -0.3 is 25.6 Å². The van der Waals surface area contributed by atoms with E-state index in [4.69, 9.17) is 4.74 Å². The van der Waals surface area contributed by atoms with Crippen molar-refractivity contribution in [2.45, 2.75) is 122 Å². The standard InChI is InChI=1S/C41H56N2O9/c1-39-19-16-30(44)24-29(39)12-13-31-32(39)17-20-40(2)33(31)18-21-41(40,51)34(45)26-52-38(50)15-14-36(47)42-22-8-4-7-11-35(46)43-25-28(23-37(48)49)27-9-5-3-6-10-27/h3,5-6,9-10,24,28,31-33,51H,4,7-8,11-23,25-26H2,1-2H3,(H,42,47)(H,43,46)(H,48,49). The van der Waals surface area contributed by atoms with Gasteiger partial charge in [-0.2, -0.15) is 0 Å². The van der Waals surface area contributed by atoms with E-state index in [9.17, 15) is 39.0 Å². The van der Waals surface area contributed by atoms with Crippen LogP contribution in [-0.4, -0.2) is 70.8 Å². The Hall–Kier alpha value is -3.86. The van der Waals surface area contributed by atoms with Crippen molar-refractivity contribution in [3.8, 4) is 0 Å². The number of nitrogens with one attached hydrogen (secondary N) is 2. The fourth-order valence-corrected chi connectivity index (χ4v) is 10.1. The van der Waals surface area contributed by atoms with Crippen LogP contribution in [0.3, 0.4) is 0 Å². The number of benzene rings is 1. The number of hydrogen-bond acceptors (Lipinski definition) is 8. The highest BCUT2D eigenvalue weighted by molar-refractivity contribution is 5.92. The largest absolute Gasteiger partial charge is 0.481 e. The molecule has 4 aliphatic rings. The number of carboxylic acids is 1. The smallest absolute Gasteiger partial charge is 0.306 e. The van der Waals surface area contributed by atoms with Gasteiger partial charge in [0.1, 0.15) is 5.60 Å². The van der Waals surface area contributed by atoms with E-state index in [0.29, 0.717) is 63.3 Å². The molecule has 0 saturated heterocycles. The van der Waals surface area contributed by atoms with Crippen LogP contribution in [0.4, 0.5) is 0 Å². The number of rotatable bonds is 17. The number of carbonyl (C=O) groups excluding carboxylic acids is 5. The minimum absolute atomic E-state index is 0.00315. The van der Waals surface area contributed by atoms with Crippen molar-refractivity contribution in [1.82, 2.24) is 10.6 Å². The van der Waals surface area contributed by atoms with Crippen LogP contribution in [0.2, 0.25) is 0 Å².